The average molecular weight is 387 g/mol. The van der Waals surface area contributed by atoms with Gasteiger partial charge in [0.1, 0.15) is 13.1 Å². The first-order valence-corrected chi connectivity index (χ1v) is 9.73. The predicted molar refractivity (Wildman–Crippen MR) is 108 cm³/mol. The zero-order valence-corrected chi connectivity index (χ0v) is 17.1. The van der Waals surface area contributed by atoms with Crippen molar-refractivity contribution < 1.29 is 14.0 Å². The van der Waals surface area contributed by atoms with Gasteiger partial charge < -0.3 is 19.1 Å². The molecule has 0 unspecified atom stereocenters. The number of hydrogen-bond acceptors (Lipinski definition) is 6. The van der Waals surface area contributed by atoms with Crippen LogP contribution in [0, 0.1) is 0 Å². The second-order valence-electron chi connectivity index (χ2n) is 6.24. The lowest BCUT2D eigenvalue weighted by atomic mass is 10.2. The van der Waals surface area contributed by atoms with Crippen molar-refractivity contribution in [1.29, 1.82) is 0 Å². The van der Waals surface area contributed by atoms with Gasteiger partial charge >= 0.3 is 6.01 Å². The van der Waals surface area contributed by atoms with Crippen LogP contribution in [0.3, 0.4) is 0 Å². The number of rotatable bonds is 10. The van der Waals surface area contributed by atoms with E-state index in [4.69, 9.17) is 4.42 Å². The van der Waals surface area contributed by atoms with E-state index in [-0.39, 0.29) is 30.9 Å². The molecule has 0 spiro atoms. The van der Waals surface area contributed by atoms with Crippen LogP contribution in [0.5, 0.6) is 0 Å². The largest absolute Gasteiger partial charge is 0.403 e. The summed E-state index contributed by atoms with van der Waals surface area (Å²) in [6.45, 7) is 10.1. The predicted octanol–water partition coefficient (Wildman–Crippen LogP) is 2.28. The summed E-state index contributed by atoms with van der Waals surface area (Å²) in [4.78, 5) is 30.2. The van der Waals surface area contributed by atoms with Gasteiger partial charge in [-0.25, -0.2) is 0 Å². The third-order valence-electron chi connectivity index (χ3n) is 4.59. The summed E-state index contributed by atoms with van der Waals surface area (Å²) in [7, 11) is 0. The third-order valence-corrected chi connectivity index (χ3v) is 4.59. The minimum absolute atomic E-state index is 0.00507. The summed E-state index contributed by atoms with van der Waals surface area (Å²) < 4.78 is 5.79. The Morgan fingerprint density at radius 1 is 0.821 bits per heavy atom. The Labute approximate surface area is 166 Å². The summed E-state index contributed by atoms with van der Waals surface area (Å²) >= 11 is 0. The zero-order valence-electron chi connectivity index (χ0n) is 17.1. The van der Waals surface area contributed by atoms with E-state index < -0.39 is 0 Å². The Balaban J connectivity index is 2.26. The molecule has 28 heavy (non-hydrogen) atoms. The first kappa shape index (κ1) is 21.4. The van der Waals surface area contributed by atoms with Crippen molar-refractivity contribution in [2.45, 2.75) is 27.7 Å². The minimum atomic E-state index is -0.0863. The van der Waals surface area contributed by atoms with E-state index in [1.54, 1.807) is 14.7 Å². The molecule has 2 rings (SSSR count). The van der Waals surface area contributed by atoms with Gasteiger partial charge in [0.25, 0.3) is 0 Å². The summed E-state index contributed by atoms with van der Waals surface area (Å²) in [6, 6.07) is 9.56. The molecule has 2 aromatic rings. The number of likely N-dealkylation sites (N-methyl/N-ethyl adjacent to an activating group) is 2. The zero-order chi connectivity index (χ0) is 20.5. The lowest BCUT2D eigenvalue weighted by molar-refractivity contribution is -0.130. The van der Waals surface area contributed by atoms with E-state index in [9.17, 15) is 9.59 Å². The maximum absolute atomic E-state index is 12.6. The van der Waals surface area contributed by atoms with Crippen LogP contribution in [-0.2, 0) is 9.59 Å². The fourth-order valence-corrected chi connectivity index (χ4v) is 2.91. The molecule has 2 amide bonds. The highest BCUT2D eigenvalue weighted by molar-refractivity contribution is 5.85. The monoisotopic (exact) mass is 387 g/mol. The number of benzene rings is 1. The minimum Gasteiger partial charge on any atom is -0.403 e. The lowest BCUT2D eigenvalue weighted by Crippen LogP contribution is -2.45. The Bertz CT molecular complexity index is 728. The van der Waals surface area contributed by atoms with Crippen LogP contribution in [0.25, 0.3) is 11.5 Å². The van der Waals surface area contributed by atoms with Gasteiger partial charge in [0.15, 0.2) is 0 Å². The molecule has 0 aliphatic heterocycles. The Hall–Kier alpha value is -2.90. The fourth-order valence-electron chi connectivity index (χ4n) is 2.91. The van der Waals surface area contributed by atoms with Crippen LogP contribution in [0.1, 0.15) is 27.7 Å². The van der Waals surface area contributed by atoms with Crippen molar-refractivity contribution in [3.63, 3.8) is 0 Å². The van der Waals surface area contributed by atoms with Crippen molar-refractivity contribution >= 4 is 17.8 Å². The molecule has 1 aromatic carbocycles. The van der Waals surface area contributed by atoms with Gasteiger partial charge in [-0.15, -0.1) is 5.10 Å². The number of nitrogens with zero attached hydrogens (tertiary/aromatic N) is 5. The molecule has 0 N–H and O–H groups in total. The molecule has 0 atom stereocenters. The quantitative estimate of drug-likeness (QED) is 0.622. The molecule has 8 nitrogen and oxygen atoms in total. The number of anilines is 1. The van der Waals surface area contributed by atoms with Crippen molar-refractivity contribution in [3.8, 4) is 11.5 Å². The number of hydrogen-bond donors (Lipinski definition) is 0. The van der Waals surface area contributed by atoms with E-state index in [0.717, 1.165) is 5.56 Å². The smallest absolute Gasteiger partial charge is 0.319 e. The maximum Gasteiger partial charge on any atom is 0.319 e. The average Bonchev–Trinajstić information content (AvgIpc) is 3.20. The van der Waals surface area contributed by atoms with E-state index in [1.165, 1.54) is 0 Å². The van der Waals surface area contributed by atoms with Crippen LogP contribution in [0.4, 0.5) is 6.01 Å². The maximum atomic E-state index is 12.6. The summed E-state index contributed by atoms with van der Waals surface area (Å²) in [5.41, 5.74) is 0.784. The molecule has 1 aromatic heterocycles. The van der Waals surface area contributed by atoms with E-state index in [2.05, 4.69) is 10.2 Å². The number of carbonyl (C=O) groups is 2. The van der Waals surface area contributed by atoms with Crippen LogP contribution in [0.15, 0.2) is 34.7 Å². The molecule has 0 saturated carbocycles. The molecule has 0 radical (unpaired) electrons. The molecule has 152 valence electrons. The highest BCUT2D eigenvalue weighted by Crippen LogP contribution is 2.21. The third kappa shape index (κ3) is 5.31. The fraction of sp³-hybridized carbons (Fsp3) is 0.500. The number of aromatic nitrogens is 2. The topological polar surface area (TPSA) is 82.8 Å². The summed E-state index contributed by atoms with van der Waals surface area (Å²) in [5.74, 6) is 0.180. The van der Waals surface area contributed by atoms with Gasteiger partial charge in [0, 0.05) is 31.7 Å². The van der Waals surface area contributed by atoms with Crippen LogP contribution in [-0.4, -0.2) is 71.1 Å². The summed E-state index contributed by atoms with van der Waals surface area (Å²) in [6.07, 6.45) is 0. The van der Waals surface area contributed by atoms with Gasteiger partial charge in [-0.2, -0.15) is 0 Å². The van der Waals surface area contributed by atoms with Gasteiger partial charge in [0.2, 0.25) is 17.7 Å². The van der Waals surface area contributed by atoms with Gasteiger partial charge in [-0.3, -0.25) is 9.59 Å². The summed E-state index contributed by atoms with van der Waals surface area (Å²) in [5, 5.41) is 8.17. The normalized spacial score (nSPS) is 10.6. The van der Waals surface area contributed by atoms with Crippen molar-refractivity contribution in [2.24, 2.45) is 0 Å². The highest BCUT2D eigenvalue weighted by Gasteiger charge is 2.24. The van der Waals surface area contributed by atoms with Crippen LogP contribution < -0.4 is 4.90 Å². The second-order valence-corrected chi connectivity index (χ2v) is 6.24. The Morgan fingerprint density at radius 2 is 1.32 bits per heavy atom. The van der Waals surface area contributed by atoms with Crippen LogP contribution >= 0.6 is 0 Å². The SMILES string of the molecule is CCN(CC)C(=O)CN(CC(=O)N(CC)CC)c1nnc(-c2ccccc2)o1. The molecule has 0 fully saturated rings. The van der Waals surface area contributed by atoms with Crippen LogP contribution in [0.2, 0.25) is 0 Å². The standard InChI is InChI=1S/C20H29N5O3/c1-5-23(6-2)17(26)14-25(15-18(27)24(7-3)8-4)20-22-21-19(28-20)16-12-10-9-11-13-16/h9-13H,5-8,14-15H2,1-4H3. The van der Waals surface area contributed by atoms with Crippen molar-refractivity contribution in [2.75, 3.05) is 44.2 Å². The van der Waals surface area contributed by atoms with Gasteiger partial charge in [0.05, 0.1) is 0 Å². The Kier molecular flexibility index (Phi) is 7.98. The van der Waals surface area contributed by atoms with E-state index in [1.807, 2.05) is 58.0 Å². The number of carbonyl (C=O) groups excluding carboxylic acids is 2. The molecule has 0 aliphatic carbocycles. The molecular formula is C20H29N5O3. The number of amides is 2. The molecular weight excluding hydrogens is 358 g/mol. The second kappa shape index (κ2) is 10.4. The lowest BCUT2D eigenvalue weighted by Gasteiger charge is -2.26. The van der Waals surface area contributed by atoms with Crippen molar-refractivity contribution in [1.82, 2.24) is 20.0 Å². The van der Waals surface area contributed by atoms with E-state index in [0.29, 0.717) is 32.1 Å². The molecule has 1 heterocycles. The molecule has 8 heteroatoms. The Morgan fingerprint density at radius 3 is 1.79 bits per heavy atom. The van der Waals surface area contributed by atoms with Crippen molar-refractivity contribution in [3.05, 3.63) is 30.3 Å². The van der Waals surface area contributed by atoms with Gasteiger partial charge in [-0.1, -0.05) is 23.3 Å². The van der Waals surface area contributed by atoms with E-state index >= 15 is 0 Å². The molecule has 0 saturated heterocycles. The van der Waals surface area contributed by atoms with Gasteiger partial charge in [-0.05, 0) is 39.8 Å². The first-order valence-electron chi connectivity index (χ1n) is 9.73. The molecule has 0 aliphatic rings. The molecule has 0 bridgehead atoms. The highest BCUT2D eigenvalue weighted by atomic mass is 16.4. The first-order chi connectivity index (χ1) is 13.5.